The SMILES string of the molecule is CC(C)(C)[C@@H]1O[C@@H]1[C@H]1O[C@H]1C(C)(C)C. The van der Waals surface area contributed by atoms with Crippen LogP contribution in [0.15, 0.2) is 0 Å². The third-order valence-corrected chi connectivity index (χ3v) is 3.08. The molecule has 0 radical (unpaired) electrons. The van der Waals surface area contributed by atoms with Crippen LogP contribution in [0.4, 0.5) is 0 Å². The Hall–Kier alpha value is -0.0800. The third kappa shape index (κ3) is 1.82. The molecule has 2 fully saturated rings. The summed E-state index contributed by atoms with van der Waals surface area (Å²) in [5.41, 5.74) is 0.526. The second kappa shape index (κ2) is 2.73. The topological polar surface area (TPSA) is 25.1 Å². The largest absolute Gasteiger partial charge is 0.366 e. The van der Waals surface area contributed by atoms with E-state index in [4.69, 9.17) is 9.47 Å². The van der Waals surface area contributed by atoms with Gasteiger partial charge in [-0.05, 0) is 10.8 Å². The molecule has 0 aromatic heterocycles. The van der Waals surface area contributed by atoms with Gasteiger partial charge < -0.3 is 9.47 Å². The van der Waals surface area contributed by atoms with Crippen molar-refractivity contribution in [1.82, 2.24) is 0 Å². The van der Waals surface area contributed by atoms with Crippen LogP contribution in [0.25, 0.3) is 0 Å². The smallest absolute Gasteiger partial charge is 0.113 e. The molecule has 82 valence electrons. The average Bonchev–Trinajstić information content (AvgIpc) is 2.76. The van der Waals surface area contributed by atoms with E-state index in [-0.39, 0.29) is 10.8 Å². The lowest BCUT2D eigenvalue weighted by atomic mass is 9.85. The minimum absolute atomic E-state index is 0.263. The van der Waals surface area contributed by atoms with Crippen molar-refractivity contribution in [3.8, 4) is 0 Å². The zero-order valence-corrected chi connectivity index (χ0v) is 10.1. The van der Waals surface area contributed by atoms with Crippen LogP contribution in [0.2, 0.25) is 0 Å². The normalized spacial score (nSPS) is 42.4. The summed E-state index contributed by atoms with van der Waals surface area (Å²) in [6.07, 6.45) is 1.53. The first-order valence-corrected chi connectivity index (χ1v) is 5.52. The molecule has 2 heterocycles. The van der Waals surface area contributed by atoms with Gasteiger partial charge >= 0.3 is 0 Å². The van der Waals surface area contributed by atoms with Gasteiger partial charge in [0.15, 0.2) is 0 Å². The second-order valence-corrected chi connectivity index (χ2v) is 6.77. The first kappa shape index (κ1) is 10.4. The van der Waals surface area contributed by atoms with E-state index in [1.165, 1.54) is 0 Å². The Kier molecular flexibility index (Phi) is 2.04. The molecule has 2 saturated heterocycles. The maximum atomic E-state index is 5.71. The van der Waals surface area contributed by atoms with E-state index in [1.807, 2.05) is 0 Å². The minimum atomic E-state index is 0.263. The summed E-state index contributed by atoms with van der Waals surface area (Å²) in [6.45, 7) is 13.4. The third-order valence-electron chi connectivity index (χ3n) is 3.08. The van der Waals surface area contributed by atoms with E-state index in [2.05, 4.69) is 41.5 Å². The average molecular weight is 198 g/mol. The van der Waals surface area contributed by atoms with Gasteiger partial charge in [0.2, 0.25) is 0 Å². The molecule has 0 N–H and O–H groups in total. The Morgan fingerprint density at radius 3 is 1.07 bits per heavy atom. The molecule has 0 spiro atoms. The molecule has 0 unspecified atom stereocenters. The van der Waals surface area contributed by atoms with Crippen LogP contribution in [0, 0.1) is 10.8 Å². The summed E-state index contributed by atoms with van der Waals surface area (Å²) in [5, 5.41) is 0. The Bertz CT molecular complexity index is 208. The van der Waals surface area contributed by atoms with Crippen LogP contribution in [-0.2, 0) is 9.47 Å². The standard InChI is InChI=1S/C12H22O2/c1-11(2,3)9-7(13-9)8-10(14-8)12(4,5)6/h7-10H,1-6H3/t7-,8-,9-,10-/m1/s1. The molecule has 0 saturated carbocycles. The molecule has 0 aliphatic carbocycles. The van der Waals surface area contributed by atoms with Gasteiger partial charge in [-0.1, -0.05) is 41.5 Å². The molecule has 2 rings (SSSR count). The van der Waals surface area contributed by atoms with Crippen molar-refractivity contribution in [2.45, 2.75) is 66.0 Å². The predicted molar refractivity (Wildman–Crippen MR) is 56.2 cm³/mol. The van der Waals surface area contributed by atoms with Crippen LogP contribution in [0.5, 0.6) is 0 Å². The minimum Gasteiger partial charge on any atom is -0.366 e. The van der Waals surface area contributed by atoms with Gasteiger partial charge in [0, 0.05) is 0 Å². The highest BCUT2D eigenvalue weighted by molar-refractivity contribution is 5.09. The van der Waals surface area contributed by atoms with Gasteiger partial charge in [0.25, 0.3) is 0 Å². The summed E-state index contributed by atoms with van der Waals surface area (Å²) in [7, 11) is 0. The Morgan fingerprint density at radius 2 is 0.929 bits per heavy atom. The van der Waals surface area contributed by atoms with Crippen LogP contribution in [0.3, 0.4) is 0 Å². The van der Waals surface area contributed by atoms with Gasteiger partial charge in [0.1, 0.15) is 12.2 Å². The summed E-state index contributed by atoms with van der Waals surface area (Å²) in [5.74, 6) is 0. The van der Waals surface area contributed by atoms with E-state index >= 15 is 0 Å². The van der Waals surface area contributed by atoms with Crippen molar-refractivity contribution in [2.75, 3.05) is 0 Å². The fourth-order valence-electron chi connectivity index (χ4n) is 2.14. The fraction of sp³-hybridized carbons (Fsp3) is 1.00. The number of hydrogen-bond acceptors (Lipinski definition) is 2. The molecule has 2 aliphatic heterocycles. The molecular weight excluding hydrogens is 176 g/mol. The zero-order chi connectivity index (χ0) is 10.7. The lowest BCUT2D eigenvalue weighted by Crippen LogP contribution is -2.22. The first-order valence-electron chi connectivity index (χ1n) is 5.52. The molecule has 0 aromatic rings. The Balaban J connectivity index is 1.87. The number of hydrogen-bond donors (Lipinski definition) is 0. The first-order chi connectivity index (χ1) is 6.21. The number of epoxide rings is 2. The molecule has 2 heteroatoms. The number of rotatable bonds is 1. The summed E-state index contributed by atoms with van der Waals surface area (Å²) in [6, 6.07) is 0. The highest BCUT2D eigenvalue weighted by Crippen LogP contribution is 2.50. The van der Waals surface area contributed by atoms with Crippen molar-refractivity contribution in [1.29, 1.82) is 0 Å². The van der Waals surface area contributed by atoms with Crippen LogP contribution in [-0.4, -0.2) is 24.4 Å². The maximum absolute atomic E-state index is 5.71. The summed E-state index contributed by atoms with van der Waals surface area (Å²) in [4.78, 5) is 0. The molecule has 0 aromatic carbocycles. The van der Waals surface area contributed by atoms with Crippen LogP contribution in [0.1, 0.15) is 41.5 Å². The van der Waals surface area contributed by atoms with Crippen molar-refractivity contribution in [2.24, 2.45) is 10.8 Å². The van der Waals surface area contributed by atoms with Gasteiger partial charge in [-0.15, -0.1) is 0 Å². The van der Waals surface area contributed by atoms with E-state index in [0.29, 0.717) is 24.4 Å². The lowest BCUT2D eigenvalue weighted by Gasteiger charge is -2.15. The van der Waals surface area contributed by atoms with E-state index in [9.17, 15) is 0 Å². The van der Waals surface area contributed by atoms with Crippen LogP contribution >= 0.6 is 0 Å². The quantitative estimate of drug-likeness (QED) is 0.605. The zero-order valence-electron chi connectivity index (χ0n) is 10.1. The van der Waals surface area contributed by atoms with Crippen molar-refractivity contribution in [3.05, 3.63) is 0 Å². The second-order valence-electron chi connectivity index (χ2n) is 6.77. The molecule has 2 nitrogen and oxygen atoms in total. The van der Waals surface area contributed by atoms with E-state index < -0.39 is 0 Å². The predicted octanol–water partition coefficient (Wildman–Crippen LogP) is 2.61. The highest BCUT2D eigenvalue weighted by Gasteiger charge is 2.62. The number of ether oxygens (including phenoxy) is 2. The van der Waals surface area contributed by atoms with E-state index in [1.54, 1.807) is 0 Å². The van der Waals surface area contributed by atoms with Gasteiger partial charge in [0.05, 0.1) is 12.2 Å². The fourth-order valence-corrected chi connectivity index (χ4v) is 2.14. The Morgan fingerprint density at radius 1 is 0.643 bits per heavy atom. The maximum Gasteiger partial charge on any atom is 0.113 e. The van der Waals surface area contributed by atoms with Crippen molar-refractivity contribution >= 4 is 0 Å². The molecule has 14 heavy (non-hydrogen) atoms. The van der Waals surface area contributed by atoms with Gasteiger partial charge in [-0.3, -0.25) is 0 Å². The monoisotopic (exact) mass is 198 g/mol. The lowest BCUT2D eigenvalue weighted by molar-refractivity contribution is 0.247. The van der Waals surface area contributed by atoms with Gasteiger partial charge in [-0.25, -0.2) is 0 Å². The molecular formula is C12H22O2. The highest BCUT2D eigenvalue weighted by atomic mass is 16.7. The van der Waals surface area contributed by atoms with Crippen molar-refractivity contribution < 1.29 is 9.47 Å². The molecule has 0 bridgehead atoms. The van der Waals surface area contributed by atoms with Crippen LogP contribution < -0.4 is 0 Å². The van der Waals surface area contributed by atoms with E-state index in [0.717, 1.165) is 0 Å². The Labute approximate surface area is 87.0 Å². The van der Waals surface area contributed by atoms with Gasteiger partial charge in [-0.2, -0.15) is 0 Å². The summed E-state index contributed by atoms with van der Waals surface area (Å²) < 4.78 is 11.4. The molecule has 0 amide bonds. The molecule has 4 atom stereocenters. The summed E-state index contributed by atoms with van der Waals surface area (Å²) >= 11 is 0. The van der Waals surface area contributed by atoms with Crippen molar-refractivity contribution in [3.63, 3.8) is 0 Å². The molecule has 2 aliphatic rings.